The van der Waals surface area contributed by atoms with Gasteiger partial charge >= 0.3 is 0 Å². The first-order valence-electron chi connectivity index (χ1n) is 8.78. The van der Waals surface area contributed by atoms with E-state index in [1.54, 1.807) is 0 Å². The van der Waals surface area contributed by atoms with Crippen molar-refractivity contribution in [1.82, 2.24) is 10.2 Å². The Morgan fingerprint density at radius 3 is 2.71 bits per heavy atom. The zero-order valence-electron chi connectivity index (χ0n) is 13.8. The highest BCUT2D eigenvalue weighted by molar-refractivity contribution is 5.77. The van der Waals surface area contributed by atoms with Gasteiger partial charge in [0.2, 0.25) is 5.91 Å². The molecule has 2 saturated heterocycles. The predicted octanol–water partition coefficient (Wildman–Crippen LogP) is 2.57. The Hall–Kier alpha value is -0.610. The largest absolute Gasteiger partial charge is 0.379 e. The summed E-state index contributed by atoms with van der Waals surface area (Å²) in [6.07, 6.45) is 7.91. The molecule has 0 aromatic carbocycles. The zero-order chi connectivity index (χ0) is 15.1. The first-order chi connectivity index (χ1) is 10.2. The zero-order valence-corrected chi connectivity index (χ0v) is 13.8. The van der Waals surface area contributed by atoms with Crippen molar-refractivity contribution in [3.8, 4) is 0 Å². The van der Waals surface area contributed by atoms with Crippen LogP contribution in [0.4, 0.5) is 0 Å². The van der Waals surface area contributed by atoms with Gasteiger partial charge in [0.1, 0.15) is 0 Å². The molecule has 0 bridgehead atoms. The van der Waals surface area contributed by atoms with Crippen molar-refractivity contribution >= 4 is 5.91 Å². The molecule has 0 saturated carbocycles. The minimum atomic E-state index is 0.285. The van der Waals surface area contributed by atoms with Gasteiger partial charge in [-0.2, -0.15) is 0 Å². The normalized spacial score (nSPS) is 24.5. The van der Waals surface area contributed by atoms with Crippen LogP contribution in [0.5, 0.6) is 0 Å². The lowest BCUT2D eigenvalue weighted by Gasteiger charge is -2.37. The van der Waals surface area contributed by atoms with Gasteiger partial charge < -0.3 is 15.0 Å². The molecule has 0 spiro atoms. The third-order valence-electron chi connectivity index (χ3n) is 4.77. The van der Waals surface area contributed by atoms with Gasteiger partial charge in [-0.25, -0.2) is 0 Å². The van der Waals surface area contributed by atoms with Crippen molar-refractivity contribution in [3.05, 3.63) is 0 Å². The quantitative estimate of drug-likeness (QED) is 0.819. The van der Waals surface area contributed by atoms with Crippen LogP contribution in [0.25, 0.3) is 0 Å². The van der Waals surface area contributed by atoms with Gasteiger partial charge in [0.05, 0.1) is 6.10 Å². The summed E-state index contributed by atoms with van der Waals surface area (Å²) in [4.78, 5) is 14.8. The third-order valence-corrected chi connectivity index (χ3v) is 4.77. The SMILES string of the molecule is CC(C)OCC[C@@H]1CCCCN1C(=O)CC1CCNCC1. The summed E-state index contributed by atoms with van der Waals surface area (Å²) in [6.45, 7) is 8.02. The lowest BCUT2D eigenvalue weighted by Crippen LogP contribution is -2.45. The first-order valence-corrected chi connectivity index (χ1v) is 8.78. The standard InChI is InChI=1S/C17H32N2O2/c1-14(2)21-12-8-16-5-3-4-11-19(16)17(20)13-15-6-9-18-10-7-15/h14-16,18H,3-13H2,1-2H3/t16-/m0/s1. The van der Waals surface area contributed by atoms with E-state index < -0.39 is 0 Å². The van der Waals surface area contributed by atoms with Crippen LogP contribution in [0.3, 0.4) is 0 Å². The number of piperidine rings is 2. The van der Waals surface area contributed by atoms with E-state index in [2.05, 4.69) is 24.1 Å². The molecular weight excluding hydrogens is 264 g/mol. The molecule has 2 rings (SSSR count). The number of hydrogen-bond donors (Lipinski definition) is 1. The minimum absolute atomic E-state index is 0.285. The van der Waals surface area contributed by atoms with Gasteiger partial charge in [-0.05, 0) is 71.4 Å². The average molecular weight is 296 g/mol. The van der Waals surface area contributed by atoms with Crippen LogP contribution >= 0.6 is 0 Å². The second-order valence-electron chi connectivity index (χ2n) is 6.84. The van der Waals surface area contributed by atoms with E-state index in [4.69, 9.17) is 4.74 Å². The Bertz CT molecular complexity index is 314. The monoisotopic (exact) mass is 296 g/mol. The first kappa shape index (κ1) is 16.8. The van der Waals surface area contributed by atoms with Crippen LogP contribution in [0.1, 0.15) is 58.8 Å². The summed E-state index contributed by atoms with van der Waals surface area (Å²) in [6, 6.07) is 0.409. The van der Waals surface area contributed by atoms with Crippen molar-refractivity contribution in [2.45, 2.75) is 70.9 Å². The van der Waals surface area contributed by atoms with E-state index >= 15 is 0 Å². The number of carbonyl (C=O) groups excluding carboxylic acids is 1. The second kappa shape index (κ2) is 8.74. The summed E-state index contributed by atoms with van der Waals surface area (Å²) >= 11 is 0. The van der Waals surface area contributed by atoms with Gasteiger partial charge in [-0.3, -0.25) is 4.79 Å². The molecule has 0 aliphatic carbocycles. The van der Waals surface area contributed by atoms with Gasteiger partial charge in [0.15, 0.2) is 0 Å². The summed E-state index contributed by atoms with van der Waals surface area (Å²) in [7, 11) is 0. The van der Waals surface area contributed by atoms with Gasteiger partial charge in [0, 0.05) is 25.6 Å². The molecule has 2 fully saturated rings. The topological polar surface area (TPSA) is 41.6 Å². The fraction of sp³-hybridized carbons (Fsp3) is 0.941. The molecule has 4 heteroatoms. The Labute approximate surface area is 129 Å². The number of nitrogens with zero attached hydrogens (tertiary/aromatic N) is 1. The molecule has 2 heterocycles. The fourth-order valence-corrected chi connectivity index (χ4v) is 3.52. The molecule has 0 unspecified atom stereocenters. The van der Waals surface area contributed by atoms with Gasteiger partial charge in [-0.1, -0.05) is 0 Å². The van der Waals surface area contributed by atoms with E-state index in [0.29, 0.717) is 17.9 Å². The summed E-state index contributed by atoms with van der Waals surface area (Å²) in [5.41, 5.74) is 0. The van der Waals surface area contributed by atoms with Crippen molar-refractivity contribution in [3.63, 3.8) is 0 Å². The highest BCUT2D eigenvalue weighted by Crippen LogP contribution is 2.24. The highest BCUT2D eigenvalue weighted by Gasteiger charge is 2.28. The molecule has 2 aliphatic heterocycles. The maximum Gasteiger partial charge on any atom is 0.223 e. The maximum atomic E-state index is 12.6. The van der Waals surface area contributed by atoms with Crippen LogP contribution in [0, 0.1) is 5.92 Å². The summed E-state index contributed by atoms with van der Waals surface area (Å²) in [5.74, 6) is 0.976. The van der Waals surface area contributed by atoms with E-state index in [0.717, 1.165) is 58.3 Å². The average Bonchev–Trinajstić information content (AvgIpc) is 2.48. The van der Waals surface area contributed by atoms with Crippen molar-refractivity contribution < 1.29 is 9.53 Å². The highest BCUT2D eigenvalue weighted by atomic mass is 16.5. The van der Waals surface area contributed by atoms with E-state index in [1.807, 2.05) is 0 Å². The van der Waals surface area contributed by atoms with E-state index in [9.17, 15) is 4.79 Å². The Balaban J connectivity index is 1.80. The van der Waals surface area contributed by atoms with E-state index in [-0.39, 0.29) is 6.10 Å². The maximum absolute atomic E-state index is 12.6. The van der Waals surface area contributed by atoms with Crippen LogP contribution in [0.15, 0.2) is 0 Å². The summed E-state index contributed by atoms with van der Waals surface area (Å²) in [5, 5.41) is 3.37. The number of rotatable bonds is 6. The molecule has 122 valence electrons. The van der Waals surface area contributed by atoms with Crippen molar-refractivity contribution in [2.75, 3.05) is 26.2 Å². The lowest BCUT2D eigenvalue weighted by atomic mass is 9.92. The van der Waals surface area contributed by atoms with E-state index in [1.165, 1.54) is 12.8 Å². The molecule has 0 radical (unpaired) electrons. The summed E-state index contributed by atoms with van der Waals surface area (Å²) < 4.78 is 5.68. The number of carbonyl (C=O) groups is 1. The molecule has 0 aromatic heterocycles. The Morgan fingerprint density at radius 2 is 2.00 bits per heavy atom. The number of likely N-dealkylation sites (tertiary alicyclic amines) is 1. The second-order valence-corrected chi connectivity index (χ2v) is 6.84. The third kappa shape index (κ3) is 5.59. The molecule has 4 nitrogen and oxygen atoms in total. The van der Waals surface area contributed by atoms with Crippen molar-refractivity contribution in [1.29, 1.82) is 0 Å². The molecule has 2 aliphatic rings. The number of hydrogen-bond acceptors (Lipinski definition) is 3. The predicted molar refractivity (Wildman–Crippen MR) is 85.3 cm³/mol. The van der Waals surface area contributed by atoms with Crippen LogP contribution in [-0.2, 0) is 9.53 Å². The smallest absolute Gasteiger partial charge is 0.223 e. The van der Waals surface area contributed by atoms with Crippen LogP contribution in [-0.4, -0.2) is 49.2 Å². The van der Waals surface area contributed by atoms with Gasteiger partial charge in [-0.15, -0.1) is 0 Å². The minimum Gasteiger partial charge on any atom is -0.379 e. The lowest BCUT2D eigenvalue weighted by molar-refractivity contribution is -0.136. The fourth-order valence-electron chi connectivity index (χ4n) is 3.52. The molecule has 1 amide bonds. The van der Waals surface area contributed by atoms with Gasteiger partial charge in [0.25, 0.3) is 0 Å². The number of ether oxygens (including phenoxy) is 1. The van der Waals surface area contributed by atoms with Crippen molar-refractivity contribution in [2.24, 2.45) is 5.92 Å². The van der Waals surface area contributed by atoms with Crippen LogP contribution < -0.4 is 5.32 Å². The molecule has 1 atom stereocenters. The molecule has 21 heavy (non-hydrogen) atoms. The number of nitrogens with one attached hydrogen (secondary N) is 1. The Kier molecular flexibility index (Phi) is 6.97. The molecule has 1 N–H and O–H groups in total. The number of amides is 1. The molecule has 0 aromatic rings. The van der Waals surface area contributed by atoms with Crippen LogP contribution in [0.2, 0.25) is 0 Å². The molecular formula is C17H32N2O2. The Morgan fingerprint density at radius 1 is 1.24 bits per heavy atom.